The average molecular weight is 837 g/mol. The number of hydrogen-bond acceptors (Lipinski definition) is 2. The van der Waals surface area contributed by atoms with Crippen molar-refractivity contribution in [1.82, 2.24) is 0 Å². The van der Waals surface area contributed by atoms with Gasteiger partial charge < -0.3 is 9.80 Å². The van der Waals surface area contributed by atoms with Gasteiger partial charge in [-0.05, 0) is 162 Å². The molecule has 2 aliphatic carbocycles. The van der Waals surface area contributed by atoms with E-state index in [1.165, 1.54) is 56.6 Å². The molecule has 0 amide bonds. The van der Waals surface area contributed by atoms with Crippen molar-refractivity contribution in [1.29, 1.82) is 0 Å². The van der Waals surface area contributed by atoms with Gasteiger partial charge in [0, 0.05) is 22.7 Å². The maximum Gasteiger partial charge on any atom is 0.147 e. The van der Waals surface area contributed by atoms with Crippen LogP contribution in [-0.4, -0.2) is 0 Å². The van der Waals surface area contributed by atoms with Crippen LogP contribution in [0.25, 0.3) is 54.6 Å². The maximum atomic E-state index is 15.9. The second kappa shape index (κ2) is 14.3. The van der Waals surface area contributed by atoms with Gasteiger partial charge >= 0.3 is 0 Å². The molecule has 2 aliphatic rings. The Balaban J connectivity index is 1.13. The van der Waals surface area contributed by atoms with Crippen molar-refractivity contribution in [2.24, 2.45) is 0 Å². The Hall–Kier alpha value is -8.34. The summed E-state index contributed by atoms with van der Waals surface area (Å²) in [5.41, 5.74) is 13.6. The van der Waals surface area contributed by atoms with Crippen LogP contribution < -0.4 is 9.80 Å². The highest BCUT2D eigenvalue weighted by Gasteiger charge is 2.53. The van der Waals surface area contributed by atoms with Crippen LogP contribution in [0.15, 0.2) is 231 Å². The van der Waals surface area contributed by atoms with Gasteiger partial charge in [0.15, 0.2) is 0 Å². The smallest absolute Gasteiger partial charge is 0.147 e. The Morgan fingerprint density at radius 3 is 1.43 bits per heavy atom. The number of rotatable bonds is 6. The normalized spacial score (nSPS) is 12.9. The standard InChI is InChI=1S/C61H38F2N2/c62-55-27-13-15-29-57(55)64(41-17-3-1-4-18-41)43-32-31-39-36-51-54(37-40(39)35-43)61(52-25-11-9-22-46(52)47-23-10-12-26-53(47)61)60-49-34-33-44(38-50(49)45-21-7-8-24-48(45)59(51)60)65(42-19-5-2-6-20-42)58-30-16-14-28-56(58)63/h1-38H. The molecule has 0 saturated heterocycles. The second-order valence-corrected chi connectivity index (χ2v) is 17.0. The van der Waals surface area contributed by atoms with Crippen molar-refractivity contribution in [3.63, 3.8) is 0 Å². The Morgan fingerprint density at radius 1 is 0.308 bits per heavy atom. The van der Waals surface area contributed by atoms with E-state index in [0.29, 0.717) is 11.4 Å². The van der Waals surface area contributed by atoms with Crippen LogP contribution in [0.5, 0.6) is 0 Å². The van der Waals surface area contributed by atoms with Crippen molar-refractivity contribution in [3.8, 4) is 22.3 Å². The molecule has 0 atom stereocenters. The van der Waals surface area contributed by atoms with Crippen molar-refractivity contribution in [2.45, 2.75) is 5.41 Å². The van der Waals surface area contributed by atoms with Crippen molar-refractivity contribution < 1.29 is 8.78 Å². The number of halogens is 2. The molecule has 11 aromatic carbocycles. The summed E-state index contributed by atoms with van der Waals surface area (Å²) in [6.07, 6.45) is 0. The van der Waals surface area contributed by atoms with Crippen LogP contribution in [0.2, 0.25) is 0 Å². The molecule has 11 aromatic rings. The first-order valence-corrected chi connectivity index (χ1v) is 22.1. The predicted molar refractivity (Wildman–Crippen MR) is 265 cm³/mol. The van der Waals surface area contributed by atoms with Gasteiger partial charge in [0.05, 0.1) is 16.8 Å². The van der Waals surface area contributed by atoms with Gasteiger partial charge in [0.2, 0.25) is 0 Å². The Kier molecular flexibility index (Phi) is 8.22. The SMILES string of the molecule is Fc1ccccc1N(c1ccccc1)c1ccc2cc3c(cc2c1)C1(c2ccccc2-c2ccccc21)c1c-3c2ccccc2c2cc(N(c3ccccc3)c3ccccc3F)ccc12. The number of benzene rings is 11. The molecule has 0 heterocycles. The van der Waals surface area contributed by atoms with Gasteiger partial charge in [-0.25, -0.2) is 8.78 Å². The molecule has 0 N–H and O–H groups in total. The van der Waals surface area contributed by atoms with E-state index in [4.69, 9.17) is 0 Å². The number of fused-ring (bicyclic) bond motifs is 16. The van der Waals surface area contributed by atoms with Crippen LogP contribution in [0.1, 0.15) is 22.3 Å². The van der Waals surface area contributed by atoms with Gasteiger partial charge in [-0.15, -0.1) is 0 Å². The molecule has 13 rings (SSSR count). The zero-order valence-corrected chi connectivity index (χ0v) is 35.1. The molecule has 4 heteroatoms. The summed E-state index contributed by atoms with van der Waals surface area (Å²) in [4.78, 5) is 4.02. The fourth-order valence-corrected chi connectivity index (χ4v) is 11.1. The number of hydrogen-bond donors (Lipinski definition) is 0. The third-order valence-electron chi connectivity index (χ3n) is 13.7. The van der Waals surface area contributed by atoms with Crippen molar-refractivity contribution >= 4 is 66.4 Å². The van der Waals surface area contributed by atoms with E-state index in [9.17, 15) is 0 Å². The van der Waals surface area contributed by atoms with E-state index < -0.39 is 5.41 Å². The fourth-order valence-electron chi connectivity index (χ4n) is 11.1. The molecule has 0 aliphatic heterocycles. The van der Waals surface area contributed by atoms with Gasteiger partial charge in [-0.1, -0.05) is 146 Å². The Bertz CT molecular complexity index is 3670. The van der Waals surface area contributed by atoms with Gasteiger partial charge in [-0.2, -0.15) is 0 Å². The summed E-state index contributed by atoms with van der Waals surface area (Å²) >= 11 is 0. The lowest BCUT2D eigenvalue weighted by molar-refractivity contribution is 0.628. The van der Waals surface area contributed by atoms with E-state index in [-0.39, 0.29) is 11.6 Å². The van der Waals surface area contributed by atoms with E-state index in [1.807, 2.05) is 94.7 Å². The van der Waals surface area contributed by atoms with E-state index in [1.54, 1.807) is 12.1 Å². The van der Waals surface area contributed by atoms with E-state index >= 15 is 8.78 Å². The van der Waals surface area contributed by atoms with E-state index in [2.05, 4.69) is 121 Å². The zero-order valence-electron chi connectivity index (χ0n) is 35.1. The minimum atomic E-state index is -0.679. The van der Waals surface area contributed by atoms with Gasteiger partial charge in [0.25, 0.3) is 0 Å². The molecule has 0 fully saturated rings. The van der Waals surface area contributed by atoms with E-state index in [0.717, 1.165) is 55.1 Å². The van der Waals surface area contributed by atoms with Crippen LogP contribution in [0, 0.1) is 11.6 Å². The maximum absolute atomic E-state index is 15.9. The lowest BCUT2D eigenvalue weighted by Crippen LogP contribution is -2.26. The number of anilines is 6. The molecule has 306 valence electrons. The third kappa shape index (κ3) is 5.38. The zero-order chi connectivity index (χ0) is 43.2. The van der Waals surface area contributed by atoms with Gasteiger partial charge in [-0.3, -0.25) is 0 Å². The first-order valence-electron chi connectivity index (χ1n) is 22.1. The number of para-hydroxylation sites is 4. The predicted octanol–water partition coefficient (Wildman–Crippen LogP) is 16.7. The summed E-state index contributed by atoms with van der Waals surface area (Å²) in [5, 5.41) is 6.69. The molecule has 2 nitrogen and oxygen atoms in total. The third-order valence-corrected chi connectivity index (χ3v) is 13.7. The molecule has 0 aromatic heterocycles. The molecular weight excluding hydrogens is 799 g/mol. The molecule has 1 spiro atoms. The molecule has 0 saturated carbocycles. The summed E-state index contributed by atoms with van der Waals surface area (Å²) in [5.74, 6) is -0.582. The summed E-state index contributed by atoms with van der Waals surface area (Å²) < 4.78 is 31.7. The minimum Gasteiger partial charge on any atom is -0.308 e. The van der Waals surface area contributed by atoms with Crippen molar-refractivity contribution in [3.05, 3.63) is 264 Å². The van der Waals surface area contributed by atoms with Crippen LogP contribution in [0.3, 0.4) is 0 Å². The number of nitrogens with zero attached hydrogens (tertiary/aromatic N) is 2. The topological polar surface area (TPSA) is 6.48 Å². The van der Waals surface area contributed by atoms with Gasteiger partial charge in [0.1, 0.15) is 11.6 Å². The first-order chi connectivity index (χ1) is 32.1. The highest BCUT2D eigenvalue weighted by Crippen LogP contribution is 2.66. The molecule has 0 bridgehead atoms. The highest BCUT2D eigenvalue weighted by molar-refractivity contribution is 6.21. The lowest BCUT2D eigenvalue weighted by Gasteiger charge is -2.32. The largest absolute Gasteiger partial charge is 0.308 e. The summed E-state index contributed by atoms with van der Waals surface area (Å²) in [6.45, 7) is 0. The van der Waals surface area contributed by atoms with Crippen LogP contribution >= 0.6 is 0 Å². The summed E-state index contributed by atoms with van der Waals surface area (Å²) in [7, 11) is 0. The van der Waals surface area contributed by atoms with Crippen LogP contribution in [0.4, 0.5) is 42.9 Å². The quantitative estimate of drug-likeness (QED) is 0.154. The molecular formula is C61H38F2N2. The molecule has 65 heavy (non-hydrogen) atoms. The molecule has 0 unspecified atom stereocenters. The minimum absolute atomic E-state index is 0.290. The lowest BCUT2D eigenvalue weighted by atomic mass is 9.69. The monoisotopic (exact) mass is 836 g/mol. The van der Waals surface area contributed by atoms with Crippen LogP contribution in [-0.2, 0) is 5.41 Å². The Labute approximate surface area is 375 Å². The fraction of sp³-hybridized carbons (Fsp3) is 0.0164. The second-order valence-electron chi connectivity index (χ2n) is 17.0. The summed E-state index contributed by atoms with van der Waals surface area (Å²) in [6, 6.07) is 78.5. The first kappa shape index (κ1) is 37.2. The highest BCUT2D eigenvalue weighted by atomic mass is 19.1. The molecule has 0 radical (unpaired) electrons. The average Bonchev–Trinajstić information content (AvgIpc) is 3.82. The van der Waals surface area contributed by atoms with Crippen molar-refractivity contribution in [2.75, 3.05) is 9.80 Å². The Morgan fingerprint density at radius 2 is 0.815 bits per heavy atom.